The fourth-order valence-electron chi connectivity index (χ4n) is 2.98. The van der Waals surface area contributed by atoms with E-state index in [1.165, 1.54) is 6.33 Å². The van der Waals surface area contributed by atoms with Gasteiger partial charge >= 0.3 is 0 Å². The maximum absolute atomic E-state index is 11.9. The van der Waals surface area contributed by atoms with Crippen molar-refractivity contribution in [3.8, 4) is 0 Å². The third-order valence-electron chi connectivity index (χ3n) is 4.25. The minimum Gasteiger partial charge on any atom is -0.382 e. The number of aromatic nitrogens is 4. The number of rotatable bonds is 6. The molecule has 3 heterocycles. The zero-order valence-corrected chi connectivity index (χ0v) is 15.6. The normalized spacial score (nSPS) is 25.3. The van der Waals surface area contributed by atoms with Crippen molar-refractivity contribution in [2.24, 2.45) is 11.7 Å². The molecule has 4 unspecified atom stereocenters. The SMILES string of the molecule is CC.COCCOC1C(C)C(CN)OC1n1cnc2c(=O)[nH]c(N)nc21. The van der Waals surface area contributed by atoms with Crippen LogP contribution >= 0.6 is 0 Å². The number of aromatic amines is 1. The van der Waals surface area contributed by atoms with Crippen molar-refractivity contribution in [2.45, 2.75) is 39.2 Å². The van der Waals surface area contributed by atoms with Crippen LogP contribution < -0.4 is 17.0 Å². The first kappa shape index (κ1) is 20.3. The average molecular weight is 368 g/mol. The maximum atomic E-state index is 11.9. The van der Waals surface area contributed by atoms with E-state index in [1.54, 1.807) is 11.7 Å². The van der Waals surface area contributed by atoms with E-state index < -0.39 is 11.8 Å². The monoisotopic (exact) mass is 368 g/mol. The zero-order valence-electron chi connectivity index (χ0n) is 15.6. The molecule has 2 aromatic rings. The number of ether oxygens (including phenoxy) is 3. The summed E-state index contributed by atoms with van der Waals surface area (Å²) in [7, 11) is 1.61. The van der Waals surface area contributed by atoms with Gasteiger partial charge in [-0.2, -0.15) is 4.98 Å². The molecule has 0 amide bonds. The van der Waals surface area contributed by atoms with Crippen LogP contribution in [0.15, 0.2) is 11.1 Å². The van der Waals surface area contributed by atoms with Crippen molar-refractivity contribution in [1.29, 1.82) is 0 Å². The number of nitrogens with two attached hydrogens (primary N) is 2. The van der Waals surface area contributed by atoms with Crippen molar-refractivity contribution < 1.29 is 14.2 Å². The Labute approximate surface area is 151 Å². The summed E-state index contributed by atoms with van der Waals surface area (Å²) in [4.78, 5) is 22.7. The molecule has 2 aromatic heterocycles. The van der Waals surface area contributed by atoms with Crippen LogP contribution in [-0.4, -0.2) is 58.6 Å². The summed E-state index contributed by atoms with van der Waals surface area (Å²) in [5, 5.41) is 0. The average Bonchev–Trinajstić information content (AvgIpc) is 3.18. The highest BCUT2D eigenvalue weighted by molar-refractivity contribution is 5.70. The zero-order chi connectivity index (χ0) is 19.3. The first-order valence-electron chi connectivity index (χ1n) is 8.75. The highest BCUT2D eigenvalue weighted by Gasteiger charge is 2.43. The molecule has 0 bridgehead atoms. The third kappa shape index (κ3) is 3.88. The number of methoxy groups -OCH3 is 1. The second-order valence-electron chi connectivity index (χ2n) is 5.76. The lowest BCUT2D eigenvalue weighted by molar-refractivity contribution is -0.0695. The van der Waals surface area contributed by atoms with Gasteiger partial charge < -0.3 is 25.7 Å². The largest absolute Gasteiger partial charge is 0.382 e. The molecule has 26 heavy (non-hydrogen) atoms. The summed E-state index contributed by atoms with van der Waals surface area (Å²) in [6.45, 7) is 7.28. The molecule has 1 saturated heterocycles. The molecular formula is C16H28N6O4. The second-order valence-corrected chi connectivity index (χ2v) is 5.76. The first-order chi connectivity index (χ1) is 12.6. The van der Waals surface area contributed by atoms with E-state index in [0.29, 0.717) is 25.4 Å². The summed E-state index contributed by atoms with van der Waals surface area (Å²) >= 11 is 0. The highest BCUT2D eigenvalue weighted by Crippen LogP contribution is 2.36. The smallest absolute Gasteiger partial charge is 0.280 e. The number of nitrogens with zero attached hydrogens (tertiary/aromatic N) is 3. The van der Waals surface area contributed by atoms with Crippen LogP contribution in [0, 0.1) is 5.92 Å². The Balaban J connectivity index is 0.00000117. The summed E-state index contributed by atoms with van der Waals surface area (Å²) in [5.41, 5.74) is 11.6. The van der Waals surface area contributed by atoms with Crippen LogP contribution in [-0.2, 0) is 14.2 Å². The number of anilines is 1. The third-order valence-corrected chi connectivity index (χ3v) is 4.25. The quantitative estimate of drug-likeness (QED) is 0.616. The molecule has 4 atom stereocenters. The minimum atomic E-state index is -0.496. The van der Waals surface area contributed by atoms with E-state index in [-0.39, 0.29) is 29.6 Å². The molecule has 10 heteroatoms. The lowest BCUT2D eigenvalue weighted by Crippen LogP contribution is -2.31. The molecule has 1 aliphatic rings. The van der Waals surface area contributed by atoms with Gasteiger partial charge in [-0.15, -0.1) is 0 Å². The van der Waals surface area contributed by atoms with Gasteiger partial charge in [-0.05, 0) is 0 Å². The van der Waals surface area contributed by atoms with Gasteiger partial charge in [0.05, 0.1) is 25.6 Å². The highest BCUT2D eigenvalue weighted by atomic mass is 16.6. The predicted octanol–water partition coefficient (Wildman–Crippen LogP) is 0.252. The summed E-state index contributed by atoms with van der Waals surface area (Å²) in [5.74, 6) is 0.0844. The van der Waals surface area contributed by atoms with Gasteiger partial charge in [0.25, 0.3) is 5.56 Å². The summed E-state index contributed by atoms with van der Waals surface area (Å²) in [6.07, 6.45) is 0.576. The van der Waals surface area contributed by atoms with Crippen molar-refractivity contribution >= 4 is 17.1 Å². The van der Waals surface area contributed by atoms with Crippen LogP contribution in [0.4, 0.5) is 5.95 Å². The molecule has 0 spiro atoms. The molecule has 3 rings (SSSR count). The van der Waals surface area contributed by atoms with Crippen molar-refractivity contribution in [2.75, 3.05) is 32.6 Å². The van der Waals surface area contributed by atoms with Gasteiger partial charge in [-0.1, -0.05) is 20.8 Å². The van der Waals surface area contributed by atoms with Crippen LogP contribution in [0.5, 0.6) is 0 Å². The van der Waals surface area contributed by atoms with Gasteiger partial charge in [0.15, 0.2) is 17.4 Å². The van der Waals surface area contributed by atoms with E-state index >= 15 is 0 Å². The maximum Gasteiger partial charge on any atom is 0.280 e. The molecule has 1 fully saturated rings. The van der Waals surface area contributed by atoms with Crippen LogP contribution in [0.2, 0.25) is 0 Å². The molecular weight excluding hydrogens is 340 g/mol. The molecule has 10 nitrogen and oxygen atoms in total. The Morgan fingerprint density at radius 1 is 1.38 bits per heavy atom. The number of hydrogen-bond acceptors (Lipinski definition) is 8. The number of nitrogen functional groups attached to an aromatic ring is 1. The van der Waals surface area contributed by atoms with Crippen LogP contribution in [0.1, 0.15) is 27.0 Å². The van der Waals surface area contributed by atoms with Gasteiger partial charge in [-0.25, -0.2) is 4.98 Å². The molecule has 0 radical (unpaired) electrons. The summed E-state index contributed by atoms with van der Waals surface area (Å²) < 4.78 is 18.7. The number of fused-ring (bicyclic) bond motifs is 1. The van der Waals surface area contributed by atoms with Gasteiger partial charge in [0.1, 0.15) is 6.10 Å². The topological polar surface area (TPSA) is 143 Å². The standard InChI is InChI=1S/C14H22N6O4.C2H6/c1-7-8(5-15)24-13(10(7)23-4-3-22-2)20-6-17-9-11(20)18-14(16)19-12(9)21;1-2/h6-8,10,13H,3-5,15H2,1-2H3,(H3,16,18,19,21);1-2H3. The summed E-state index contributed by atoms with van der Waals surface area (Å²) in [6, 6.07) is 0. The number of imidazole rings is 1. The molecule has 5 N–H and O–H groups in total. The molecule has 0 aromatic carbocycles. The number of nitrogens with one attached hydrogen (secondary N) is 1. The Kier molecular flexibility index (Phi) is 7.09. The van der Waals surface area contributed by atoms with E-state index in [9.17, 15) is 4.79 Å². The molecule has 146 valence electrons. The number of hydrogen-bond donors (Lipinski definition) is 3. The fourth-order valence-corrected chi connectivity index (χ4v) is 2.98. The predicted molar refractivity (Wildman–Crippen MR) is 97.7 cm³/mol. The molecule has 1 aliphatic heterocycles. The lowest BCUT2D eigenvalue weighted by atomic mass is 10.0. The van der Waals surface area contributed by atoms with Crippen molar-refractivity contribution in [1.82, 2.24) is 19.5 Å². The minimum absolute atomic E-state index is 0.0209. The van der Waals surface area contributed by atoms with Crippen LogP contribution in [0.25, 0.3) is 11.2 Å². The van der Waals surface area contributed by atoms with Crippen LogP contribution in [0.3, 0.4) is 0 Å². The fraction of sp³-hybridized carbons (Fsp3) is 0.688. The van der Waals surface area contributed by atoms with Gasteiger partial charge in [-0.3, -0.25) is 14.3 Å². The van der Waals surface area contributed by atoms with E-state index in [0.717, 1.165) is 0 Å². The van der Waals surface area contributed by atoms with Crippen molar-refractivity contribution in [3.63, 3.8) is 0 Å². The lowest BCUT2D eigenvalue weighted by Gasteiger charge is -2.22. The van der Waals surface area contributed by atoms with Gasteiger partial charge in [0, 0.05) is 19.6 Å². The first-order valence-corrected chi connectivity index (χ1v) is 8.75. The number of H-pyrrole nitrogens is 1. The Bertz CT molecular complexity index is 761. The van der Waals surface area contributed by atoms with E-state index in [1.807, 2.05) is 20.8 Å². The Hall–Kier alpha value is -2.01. The van der Waals surface area contributed by atoms with Crippen molar-refractivity contribution in [3.05, 3.63) is 16.7 Å². The molecule has 0 saturated carbocycles. The Morgan fingerprint density at radius 3 is 2.77 bits per heavy atom. The van der Waals surface area contributed by atoms with E-state index in [2.05, 4.69) is 15.0 Å². The van der Waals surface area contributed by atoms with Gasteiger partial charge in [0.2, 0.25) is 5.95 Å². The van der Waals surface area contributed by atoms with E-state index in [4.69, 9.17) is 25.7 Å². The molecule has 0 aliphatic carbocycles. The Morgan fingerprint density at radius 2 is 2.12 bits per heavy atom. The second kappa shape index (κ2) is 9.08.